The molecule has 1 aromatic rings. The van der Waals surface area contributed by atoms with Crippen molar-refractivity contribution in [1.29, 1.82) is 0 Å². The van der Waals surface area contributed by atoms with Crippen LogP contribution in [0.15, 0.2) is 24.3 Å². The number of ether oxygens (including phenoxy) is 1. The number of hydrogen-bond donors (Lipinski definition) is 0. The first kappa shape index (κ1) is 20.7. The quantitative estimate of drug-likeness (QED) is 0.256. The molecule has 0 aromatic heterocycles. The minimum atomic E-state index is 0.0887. The lowest BCUT2D eigenvalue weighted by molar-refractivity contribution is 0.101. The molecule has 1 aromatic carbocycles. The monoisotopic (exact) mass is 332 g/mol. The zero-order valence-electron chi connectivity index (χ0n) is 15.8. The molecule has 1 rings (SSSR count). The van der Waals surface area contributed by atoms with Crippen molar-refractivity contribution in [2.24, 2.45) is 0 Å². The first-order chi connectivity index (χ1) is 11.7. The lowest BCUT2D eigenvalue weighted by Crippen LogP contribution is -1.99. The van der Waals surface area contributed by atoms with Crippen molar-refractivity contribution in [1.82, 2.24) is 0 Å². The molecule has 0 heterocycles. The normalized spacial score (nSPS) is 10.8. The van der Waals surface area contributed by atoms with Crippen LogP contribution in [0.2, 0.25) is 0 Å². The Morgan fingerprint density at radius 2 is 1.38 bits per heavy atom. The summed E-state index contributed by atoms with van der Waals surface area (Å²) in [5, 5.41) is 0. The molecule has 0 aliphatic heterocycles. The number of ketones is 1. The predicted molar refractivity (Wildman–Crippen MR) is 103 cm³/mol. The maximum Gasteiger partial charge on any atom is 0.159 e. The number of carbonyl (C=O) groups excluding carboxylic acids is 1. The number of rotatable bonds is 15. The van der Waals surface area contributed by atoms with Crippen LogP contribution in [0.25, 0.3) is 0 Å². The topological polar surface area (TPSA) is 26.3 Å². The Hall–Kier alpha value is -1.31. The fourth-order valence-electron chi connectivity index (χ4n) is 2.94. The van der Waals surface area contributed by atoms with E-state index in [1.807, 2.05) is 24.3 Å². The van der Waals surface area contributed by atoms with Crippen LogP contribution in [-0.2, 0) is 0 Å². The van der Waals surface area contributed by atoms with Crippen molar-refractivity contribution in [3.8, 4) is 5.75 Å². The van der Waals surface area contributed by atoms with Crippen LogP contribution in [0.5, 0.6) is 5.75 Å². The van der Waals surface area contributed by atoms with Crippen LogP contribution >= 0.6 is 0 Å². The molecule has 0 spiro atoms. The molecule has 0 aliphatic carbocycles. The van der Waals surface area contributed by atoms with Gasteiger partial charge in [0.2, 0.25) is 0 Å². The van der Waals surface area contributed by atoms with Crippen molar-refractivity contribution < 1.29 is 9.53 Å². The minimum Gasteiger partial charge on any atom is -0.494 e. The first-order valence-electron chi connectivity index (χ1n) is 9.98. The summed E-state index contributed by atoms with van der Waals surface area (Å²) in [5.41, 5.74) is 0.724. The molecule has 0 bridgehead atoms. The van der Waals surface area contributed by atoms with E-state index in [2.05, 4.69) is 6.92 Å². The first-order valence-corrected chi connectivity index (χ1v) is 9.98. The molecule has 0 unspecified atom stereocenters. The van der Waals surface area contributed by atoms with E-state index in [0.29, 0.717) is 0 Å². The number of benzene rings is 1. The molecule has 24 heavy (non-hydrogen) atoms. The van der Waals surface area contributed by atoms with E-state index < -0.39 is 0 Å². The maximum atomic E-state index is 11.3. The second-order valence-corrected chi connectivity index (χ2v) is 6.82. The molecule has 2 heteroatoms. The van der Waals surface area contributed by atoms with Gasteiger partial charge in [-0.1, -0.05) is 89.7 Å². The van der Waals surface area contributed by atoms with E-state index in [4.69, 9.17) is 4.74 Å². The summed E-state index contributed by atoms with van der Waals surface area (Å²) in [6.45, 7) is 4.61. The molecule has 136 valence electrons. The zero-order valence-corrected chi connectivity index (χ0v) is 15.8. The van der Waals surface area contributed by atoms with Crippen LogP contribution in [0.3, 0.4) is 0 Å². The van der Waals surface area contributed by atoms with Crippen LogP contribution in [0.1, 0.15) is 101 Å². The van der Waals surface area contributed by atoms with Crippen LogP contribution in [0, 0.1) is 0 Å². The summed E-state index contributed by atoms with van der Waals surface area (Å²) in [7, 11) is 0. The molecule has 0 atom stereocenters. The highest BCUT2D eigenvalue weighted by molar-refractivity contribution is 5.94. The van der Waals surface area contributed by atoms with Gasteiger partial charge in [0, 0.05) is 5.56 Å². The Bertz CT molecular complexity index is 439. The lowest BCUT2D eigenvalue weighted by Gasteiger charge is -2.07. The summed E-state index contributed by atoms with van der Waals surface area (Å²) in [4.78, 5) is 11.3. The summed E-state index contributed by atoms with van der Waals surface area (Å²) in [6, 6.07) is 7.48. The van der Waals surface area contributed by atoms with E-state index in [1.165, 1.54) is 70.6 Å². The van der Waals surface area contributed by atoms with Gasteiger partial charge in [-0.3, -0.25) is 4.79 Å². The second kappa shape index (κ2) is 14.1. The van der Waals surface area contributed by atoms with Crippen molar-refractivity contribution in [2.45, 2.75) is 90.9 Å². The van der Waals surface area contributed by atoms with Gasteiger partial charge in [0.25, 0.3) is 0 Å². The smallest absolute Gasteiger partial charge is 0.159 e. The Morgan fingerprint density at radius 3 is 1.92 bits per heavy atom. The molecular weight excluding hydrogens is 296 g/mol. The second-order valence-electron chi connectivity index (χ2n) is 6.82. The van der Waals surface area contributed by atoms with Gasteiger partial charge in [0.1, 0.15) is 5.75 Å². The molecule has 0 aliphatic rings. The molecule has 0 saturated heterocycles. The lowest BCUT2D eigenvalue weighted by atomic mass is 10.1. The summed E-state index contributed by atoms with van der Waals surface area (Å²) < 4.78 is 5.74. The van der Waals surface area contributed by atoms with E-state index in [1.54, 1.807) is 6.92 Å². The van der Waals surface area contributed by atoms with Crippen molar-refractivity contribution >= 4 is 5.78 Å². The number of unbranched alkanes of at least 4 members (excludes halogenated alkanes) is 11. The molecule has 2 nitrogen and oxygen atoms in total. The average molecular weight is 333 g/mol. The highest BCUT2D eigenvalue weighted by Gasteiger charge is 2.01. The van der Waals surface area contributed by atoms with Crippen LogP contribution in [0.4, 0.5) is 0 Å². The number of hydrogen-bond acceptors (Lipinski definition) is 2. The molecule has 0 N–H and O–H groups in total. The van der Waals surface area contributed by atoms with Crippen LogP contribution < -0.4 is 4.74 Å². The standard InChI is InChI=1S/C22H36O2/c1-3-4-5-6-7-8-9-10-11-12-13-14-18-24-22-17-15-16-21(19-22)20(2)23/h15-17,19H,3-14,18H2,1-2H3. The highest BCUT2D eigenvalue weighted by atomic mass is 16.5. The van der Waals surface area contributed by atoms with Gasteiger partial charge in [0.05, 0.1) is 6.61 Å². The van der Waals surface area contributed by atoms with Crippen molar-refractivity contribution in [2.75, 3.05) is 6.61 Å². The minimum absolute atomic E-state index is 0.0887. The van der Waals surface area contributed by atoms with Gasteiger partial charge in [-0.25, -0.2) is 0 Å². The molecular formula is C22H36O2. The zero-order chi connectivity index (χ0) is 17.5. The number of carbonyl (C=O) groups is 1. The Kier molecular flexibility index (Phi) is 12.2. The van der Waals surface area contributed by atoms with Gasteiger partial charge >= 0.3 is 0 Å². The largest absolute Gasteiger partial charge is 0.494 e. The third-order valence-electron chi connectivity index (χ3n) is 4.51. The Morgan fingerprint density at radius 1 is 0.833 bits per heavy atom. The number of Topliss-reactive ketones (excluding diaryl/α,β-unsaturated/α-hetero) is 1. The SMILES string of the molecule is CCCCCCCCCCCCCCOc1cccc(C(C)=O)c1. The summed E-state index contributed by atoms with van der Waals surface area (Å²) >= 11 is 0. The molecule has 0 fully saturated rings. The van der Waals surface area contributed by atoms with Crippen molar-refractivity contribution in [3.05, 3.63) is 29.8 Å². The van der Waals surface area contributed by atoms with Gasteiger partial charge in [-0.05, 0) is 25.5 Å². The fourth-order valence-corrected chi connectivity index (χ4v) is 2.94. The summed E-state index contributed by atoms with van der Waals surface area (Å²) in [6.07, 6.45) is 16.2. The Balaban J connectivity index is 1.90. The van der Waals surface area contributed by atoms with Gasteiger partial charge in [-0.15, -0.1) is 0 Å². The van der Waals surface area contributed by atoms with Crippen molar-refractivity contribution in [3.63, 3.8) is 0 Å². The third-order valence-corrected chi connectivity index (χ3v) is 4.51. The predicted octanol–water partition coefficient (Wildman–Crippen LogP) is 6.97. The Labute approximate surface area is 149 Å². The maximum absolute atomic E-state index is 11.3. The molecule has 0 amide bonds. The third kappa shape index (κ3) is 10.5. The molecule has 0 saturated carbocycles. The van der Waals surface area contributed by atoms with E-state index in [9.17, 15) is 4.79 Å². The van der Waals surface area contributed by atoms with Gasteiger partial charge < -0.3 is 4.74 Å². The average Bonchev–Trinajstić information content (AvgIpc) is 2.59. The summed E-state index contributed by atoms with van der Waals surface area (Å²) in [5.74, 6) is 0.900. The fraction of sp³-hybridized carbons (Fsp3) is 0.682. The van der Waals surface area contributed by atoms with Gasteiger partial charge in [-0.2, -0.15) is 0 Å². The van der Waals surface area contributed by atoms with Gasteiger partial charge in [0.15, 0.2) is 5.78 Å². The van der Waals surface area contributed by atoms with E-state index in [0.717, 1.165) is 24.3 Å². The molecule has 0 radical (unpaired) electrons. The van der Waals surface area contributed by atoms with E-state index >= 15 is 0 Å². The van der Waals surface area contributed by atoms with E-state index in [-0.39, 0.29) is 5.78 Å². The van der Waals surface area contributed by atoms with Crippen LogP contribution in [-0.4, -0.2) is 12.4 Å². The highest BCUT2D eigenvalue weighted by Crippen LogP contribution is 2.15.